The van der Waals surface area contributed by atoms with Crippen LogP contribution in [0.1, 0.15) is 39.2 Å². The van der Waals surface area contributed by atoms with E-state index < -0.39 is 19.2 Å². The number of carbonyl (C=O) groups excluding carboxylic acids is 2. The first-order valence-electron chi connectivity index (χ1n) is 11.2. The maximum absolute atomic E-state index is 12.9. The molecule has 2 amide bonds. The van der Waals surface area contributed by atoms with Crippen molar-refractivity contribution in [2.75, 3.05) is 13.2 Å². The molecule has 2 atom stereocenters. The Bertz CT molecular complexity index is 1100. The van der Waals surface area contributed by atoms with Gasteiger partial charge in [-0.1, -0.05) is 45.0 Å². The molecule has 0 radical (unpaired) electrons. The van der Waals surface area contributed by atoms with Crippen molar-refractivity contribution in [3.8, 4) is 0 Å². The van der Waals surface area contributed by atoms with E-state index in [1.807, 2.05) is 39.0 Å². The van der Waals surface area contributed by atoms with Crippen molar-refractivity contribution < 1.29 is 28.8 Å². The molecule has 1 fully saturated rings. The molecule has 9 nitrogen and oxygen atoms in total. The van der Waals surface area contributed by atoms with Crippen molar-refractivity contribution in [1.29, 1.82) is 0 Å². The normalized spacial score (nSPS) is 17.4. The third kappa shape index (κ3) is 6.40. The summed E-state index contributed by atoms with van der Waals surface area (Å²) >= 11 is 0. The van der Waals surface area contributed by atoms with Crippen molar-refractivity contribution in [2.45, 2.75) is 52.0 Å². The van der Waals surface area contributed by atoms with E-state index in [1.54, 1.807) is 17.0 Å². The molecule has 1 aromatic heterocycles. The van der Waals surface area contributed by atoms with E-state index in [2.05, 4.69) is 10.2 Å². The molecule has 34 heavy (non-hydrogen) atoms. The van der Waals surface area contributed by atoms with E-state index in [1.165, 1.54) is 6.26 Å². The van der Waals surface area contributed by atoms with Crippen molar-refractivity contribution in [3.63, 3.8) is 0 Å². The molecule has 1 aliphatic rings. The second-order valence-electron chi connectivity index (χ2n) is 9.53. The molecular weight excluding hydrogens is 437 g/mol. The summed E-state index contributed by atoms with van der Waals surface area (Å²) in [6, 6.07) is 6.98. The molecule has 0 bridgehead atoms. The van der Waals surface area contributed by atoms with Gasteiger partial charge in [0.25, 0.3) is 5.91 Å². The fourth-order valence-electron chi connectivity index (χ4n) is 4.00. The van der Waals surface area contributed by atoms with Gasteiger partial charge in [-0.15, -0.1) is 0 Å². The third-order valence-corrected chi connectivity index (χ3v) is 5.62. The molecule has 0 aliphatic carbocycles. The lowest BCUT2D eigenvalue weighted by Crippen LogP contribution is -2.49. The van der Waals surface area contributed by atoms with Crippen LogP contribution in [0.5, 0.6) is 0 Å². The largest absolute Gasteiger partial charge is 0.475 e. The number of amides is 2. The summed E-state index contributed by atoms with van der Waals surface area (Å²) in [6.45, 7) is 13.6. The minimum absolute atomic E-state index is 0.0543. The van der Waals surface area contributed by atoms with Crippen LogP contribution < -0.4 is 5.32 Å². The topological polar surface area (TPSA) is 117 Å². The van der Waals surface area contributed by atoms with Crippen LogP contribution >= 0.6 is 0 Å². The SMILES string of the molecule is [C-]#[N+]C(=CC(C)(C)C)C(=O)N1CCC[C@@H]1COC(=O)N[C@@H](Cc1coc2ccccc12)B(O)O. The highest BCUT2D eigenvalue weighted by Crippen LogP contribution is 2.25. The van der Waals surface area contributed by atoms with Gasteiger partial charge in [0.15, 0.2) is 0 Å². The lowest BCUT2D eigenvalue weighted by atomic mass is 9.76. The van der Waals surface area contributed by atoms with Gasteiger partial charge in [-0.2, -0.15) is 0 Å². The summed E-state index contributed by atoms with van der Waals surface area (Å²) in [6.07, 6.45) is 3.87. The van der Waals surface area contributed by atoms with Crippen LogP contribution in [0.25, 0.3) is 15.8 Å². The summed E-state index contributed by atoms with van der Waals surface area (Å²) < 4.78 is 10.8. The highest BCUT2D eigenvalue weighted by Gasteiger charge is 2.33. The summed E-state index contributed by atoms with van der Waals surface area (Å²) in [4.78, 5) is 30.3. The second kappa shape index (κ2) is 10.8. The number of likely N-dealkylation sites (tertiary alicyclic amines) is 1. The van der Waals surface area contributed by atoms with Crippen molar-refractivity contribution in [1.82, 2.24) is 10.2 Å². The van der Waals surface area contributed by atoms with Crippen LogP contribution in [-0.2, 0) is 16.0 Å². The Morgan fingerprint density at radius 3 is 2.79 bits per heavy atom. The number of fused-ring (bicyclic) bond motifs is 1. The van der Waals surface area contributed by atoms with Crippen molar-refractivity contribution in [2.24, 2.45) is 5.41 Å². The summed E-state index contributed by atoms with van der Waals surface area (Å²) in [7, 11) is -1.81. The number of allylic oxidation sites excluding steroid dienone is 1. The fourth-order valence-corrected chi connectivity index (χ4v) is 4.00. The smallest absolute Gasteiger partial charge is 0.464 e. The Labute approximate surface area is 199 Å². The predicted octanol–water partition coefficient (Wildman–Crippen LogP) is 2.92. The first-order chi connectivity index (χ1) is 16.1. The number of rotatable bonds is 7. The molecule has 0 saturated carbocycles. The van der Waals surface area contributed by atoms with Crippen LogP contribution in [0.2, 0.25) is 0 Å². The minimum Gasteiger partial charge on any atom is -0.464 e. The highest BCUT2D eigenvalue weighted by molar-refractivity contribution is 6.43. The van der Waals surface area contributed by atoms with Crippen molar-refractivity contribution >= 4 is 30.1 Å². The average Bonchev–Trinajstić information content (AvgIpc) is 3.41. The number of furan rings is 1. The summed E-state index contributed by atoms with van der Waals surface area (Å²) in [5.41, 5.74) is 1.12. The first-order valence-corrected chi connectivity index (χ1v) is 11.2. The predicted molar refractivity (Wildman–Crippen MR) is 127 cm³/mol. The molecule has 0 spiro atoms. The van der Waals surface area contributed by atoms with Gasteiger partial charge in [-0.05, 0) is 36.3 Å². The van der Waals surface area contributed by atoms with Gasteiger partial charge in [0.05, 0.1) is 24.8 Å². The van der Waals surface area contributed by atoms with Gasteiger partial charge >= 0.3 is 13.2 Å². The molecule has 1 aliphatic heterocycles. The number of alkyl carbamates (subject to hydrolysis) is 1. The van der Waals surface area contributed by atoms with Crippen LogP contribution in [0, 0.1) is 12.0 Å². The van der Waals surface area contributed by atoms with E-state index in [0.29, 0.717) is 18.5 Å². The lowest BCUT2D eigenvalue weighted by molar-refractivity contribution is -0.128. The third-order valence-electron chi connectivity index (χ3n) is 5.62. The highest BCUT2D eigenvalue weighted by atomic mass is 16.5. The van der Waals surface area contributed by atoms with Gasteiger partial charge < -0.3 is 29.4 Å². The molecule has 10 heteroatoms. The number of nitrogens with one attached hydrogen (secondary N) is 1. The summed E-state index contributed by atoms with van der Waals surface area (Å²) in [5, 5.41) is 22.9. The Balaban J connectivity index is 1.59. The quantitative estimate of drug-likeness (QED) is 0.328. The number of para-hydroxylation sites is 1. The fraction of sp³-hybridized carbons (Fsp3) is 0.458. The van der Waals surface area contributed by atoms with Gasteiger partial charge in [0.2, 0.25) is 5.70 Å². The Kier molecular flexibility index (Phi) is 8.02. The zero-order valence-corrected chi connectivity index (χ0v) is 19.7. The van der Waals surface area contributed by atoms with Crippen LogP contribution in [-0.4, -0.2) is 59.2 Å². The molecule has 0 unspecified atom stereocenters. The van der Waals surface area contributed by atoms with Gasteiger partial charge in [0.1, 0.15) is 12.2 Å². The number of benzene rings is 1. The molecular formula is C24H30BN3O6. The van der Waals surface area contributed by atoms with E-state index in [4.69, 9.17) is 15.7 Å². The lowest BCUT2D eigenvalue weighted by Gasteiger charge is -2.25. The zero-order chi connectivity index (χ0) is 24.9. The molecule has 3 N–H and O–H groups in total. The van der Waals surface area contributed by atoms with Crippen molar-refractivity contribution in [3.05, 3.63) is 59.3 Å². The number of carbonyl (C=O) groups is 2. The van der Waals surface area contributed by atoms with Crippen LogP contribution in [0.3, 0.4) is 0 Å². The average molecular weight is 467 g/mol. The van der Waals surface area contributed by atoms with Crippen LogP contribution in [0.15, 0.2) is 46.7 Å². The van der Waals surface area contributed by atoms with Crippen LogP contribution in [0.4, 0.5) is 4.79 Å². The molecule has 180 valence electrons. The second-order valence-corrected chi connectivity index (χ2v) is 9.53. The number of ether oxygens (including phenoxy) is 1. The monoisotopic (exact) mass is 467 g/mol. The van der Waals surface area contributed by atoms with E-state index >= 15 is 0 Å². The van der Waals surface area contributed by atoms with Gasteiger partial charge in [0, 0.05) is 11.9 Å². The first kappa shape index (κ1) is 25.3. The Morgan fingerprint density at radius 2 is 2.12 bits per heavy atom. The maximum atomic E-state index is 12.9. The van der Waals surface area contributed by atoms with E-state index in [-0.39, 0.29) is 36.1 Å². The molecule has 2 heterocycles. The number of hydrogen-bond acceptors (Lipinski definition) is 6. The van der Waals surface area contributed by atoms with E-state index in [0.717, 1.165) is 17.4 Å². The molecule has 2 aromatic rings. The molecule has 3 rings (SSSR count). The number of hydrogen-bond donors (Lipinski definition) is 3. The minimum atomic E-state index is -1.81. The summed E-state index contributed by atoms with van der Waals surface area (Å²) in [5.74, 6) is -1.38. The number of nitrogens with zero attached hydrogens (tertiary/aromatic N) is 2. The van der Waals surface area contributed by atoms with Gasteiger partial charge in [-0.3, -0.25) is 4.79 Å². The Morgan fingerprint density at radius 1 is 1.38 bits per heavy atom. The standard InChI is InChI=1S/C24H30BN3O6/c1-24(2,3)13-19(26-4)22(29)28-11-7-8-17(28)15-34-23(30)27-21(25(31)32)12-16-14-33-20-10-6-5-9-18(16)20/h5-6,9-10,13-14,17,21,31-32H,7-8,11-12,15H2,1-3H3,(H,27,30)/t17-,21+/m1/s1. The molecule has 1 saturated heterocycles. The zero-order valence-electron chi connectivity index (χ0n) is 19.7. The Hall–Kier alpha value is -3.29. The molecule has 1 aromatic carbocycles. The van der Waals surface area contributed by atoms with E-state index in [9.17, 15) is 19.6 Å². The maximum Gasteiger partial charge on any atom is 0.475 e. The van der Waals surface area contributed by atoms with Gasteiger partial charge in [-0.25, -0.2) is 9.64 Å².